The molecule has 1 spiro atoms. The average Bonchev–Trinajstić information content (AvgIpc) is 3.14. The molecule has 1 saturated carbocycles. The molecule has 27 heavy (non-hydrogen) atoms. The first-order valence-corrected chi connectivity index (χ1v) is 10.3. The second-order valence-electron chi connectivity index (χ2n) is 9.48. The van der Waals surface area contributed by atoms with Crippen molar-refractivity contribution in [1.29, 1.82) is 0 Å². The van der Waals surface area contributed by atoms with Crippen LogP contribution in [0.5, 0.6) is 0 Å². The largest absolute Gasteiger partial charge is 0.337 e. The molecule has 1 atom stereocenters. The van der Waals surface area contributed by atoms with Gasteiger partial charge in [-0.1, -0.05) is 20.8 Å². The minimum absolute atomic E-state index is 0.128. The smallest absolute Gasteiger partial charge is 0.325 e. The molecule has 3 rings (SSSR count). The van der Waals surface area contributed by atoms with Crippen LogP contribution < -0.4 is 10.6 Å². The summed E-state index contributed by atoms with van der Waals surface area (Å²) in [6.07, 6.45) is 5.11. The van der Waals surface area contributed by atoms with Gasteiger partial charge in [-0.3, -0.25) is 14.5 Å². The minimum atomic E-state index is -0.797. The van der Waals surface area contributed by atoms with E-state index in [9.17, 15) is 14.4 Å². The third kappa shape index (κ3) is 3.84. The molecule has 3 fully saturated rings. The molecule has 4 amide bonds. The normalized spacial score (nSPS) is 31.7. The lowest BCUT2D eigenvalue weighted by Crippen LogP contribution is -2.51. The molecule has 2 heterocycles. The SMILES string of the molecule is CNCC1CCCN1C(=O)CN1C(=O)NC2(CCC(C(C)(C)C)CC2)C1=O. The molecule has 7 nitrogen and oxygen atoms in total. The molecular weight excluding hydrogens is 344 g/mol. The molecule has 0 radical (unpaired) electrons. The third-order valence-electron chi connectivity index (χ3n) is 6.74. The molecule has 2 N–H and O–H groups in total. The van der Waals surface area contributed by atoms with Crippen molar-refractivity contribution in [3.8, 4) is 0 Å². The van der Waals surface area contributed by atoms with Gasteiger partial charge in [-0.2, -0.15) is 0 Å². The van der Waals surface area contributed by atoms with E-state index < -0.39 is 11.6 Å². The van der Waals surface area contributed by atoms with Crippen LogP contribution in [0.3, 0.4) is 0 Å². The van der Waals surface area contributed by atoms with E-state index >= 15 is 0 Å². The number of likely N-dealkylation sites (N-methyl/N-ethyl adjacent to an activating group) is 1. The Morgan fingerprint density at radius 1 is 1.22 bits per heavy atom. The van der Waals surface area contributed by atoms with Gasteiger partial charge in [0.15, 0.2) is 0 Å². The van der Waals surface area contributed by atoms with E-state index in [1.807, 2.05) is 11.9 Å². The Balaban J connectivity index is 1.64. The van der Waals surface area contributed by atoms with Crippen molar-refractivity contribution in [2.24, 2.45) is 11.3 Å². The lowest BCUT2D eigenvalue weighted by Gasteiger charge is -2.40. The van der Waals surface area contributed by atoms with Crippen LogP contribution in [0.4, 0.5) is 4.79 Å². The highest BCUT2D eigenvalue weighted by Gasteiger charge is 2.53. The Bertz CT molecular complexity index is 605. The second-order valence-corrected chi connectivity index (χ2v) is 9.48. The summed E-state index contributed by atoms with van der Waals surface area (Å²) in [5.74, 6) is 0.213. The zero-order valence-corrected chi connectivity index (χ0v) is 17.1. The van der Waals surface area contributed by atoms with Crippen molar-refractivity contribution < 1.29 is 14.4 Å². The van der Waals surface area contributed by atoms with Crippen molar-refractivity contribution in [3.05, 3.63) is 0 Å². The monoisotopic (exact) mass is 378 g/mol. The Morgan fingerprint density at radius 2 is 1.89 bits per heavy atom. The number of amides is 4. The van der Waals surface area contributed by atoms with Crippen molar-refractivity contribution in [2.75, 3.05) is 26.7 Å². The van der Waals surface area contributed by atoms with E-state index in [1.165, 1.54) is 0 Å². The fraction of sp³-hybridized carbons (Fsp3) is 0.850. The molecule has 3 aliphatic rings. The Hall–Kier alpha value is -1.63. The maximum atomic E-state index is 13.1. The third-order valence-corrected chi connectivity index (χ3v) is 6.74. The van der Waals surface area contributed by atoms with E-state index in [0.29, 0.717) is 25.3 Å². The zero-order chi connectivity index (χ0) is 19.8. The van der Waals surface area contributed by atoms with Crippen LogP contribution in [0.1, 0.15) is 59.3 Å². The number of hydrogen-bond donors (Lipinski definition) is 2. The van der Waals surface area contributed by atoms with Crippen LogP contribution in [-0.2, 0) is 9.59 Å². The van der Waals surface area contributed by atoms with Gasteiger partial charge in [0, 0.05) is 19.1 Å². The molecule has 7 heteroatoms. The molecule has 0 aromatic rings. The first kappa shape index (κ1) is 20.1. The number of carbonyl (C=O) groups excluding carboxylic acids is 3. The molecule has 0 aromatic heterocycles. The Kier molecular flexibility index (Phi) is 5.52. The molecular formula is C20H34N4O3. The first-order chi connectivity index (χ1) is 12.7. The minimum Gasteiger partial charge on any atom is -0.337 e. The number of nitrogens with one attached hydrogen (secondary N) is 2. The fourth-order valence-corrected chi connectivity index (χ4v) is 4.97. The summed E-state index contributed by atoms with van der Waals surface area (Å²) < 4.78 is 0. The van der Waals surface area contributed by atoms with E-state index in [1.54, 1.807) is 0 Å². The van der Waals surface area contributed by atoms with E-state index in [2.05, 4.69) is 31.4 Å². The molecule has 2 aliphatic heterocycles. The van der Waals surface area contributed by atoms with Gasteiger partial charge in [0.25, 0.3) is 5.91 Å². The van der Waals surface area contributed by atoms with E-state index in [-0.39, 0.29) is 29.8 Å². The van der Waals surface area contributed by atoms with E-state index in [0.717, 1.165) is 37.1 Å². The standard InChI is InChI=1S/C20H34N4O3/c1-19(2,3)14-7-9-20(10-8-14)17(26)24(18(27)22-20)13-16(25)23-11-5-6-15(23)12-21-4/h14-15,21H,5-13H2,1-4H3,(H,22,27). The summed E-state index contributed by atoms with van der Waals surface area (Å²) in [6, 6.07) is -0.258. The van der Waals surface area contributed by atoms with E-state index in [4.69, 9.17) is 0 Å². The molecule has 1 aliphatic carbocycles. The molecule has 152 valence electrons. The van der Waals surface area contributed by atoms with Crippen LogP contribution >= 0.6 is 0 Å². The summed E-state index contributed by atoms with van der Waals surface area (Å²) in [4.78, 5) is 41.3. The fourth-order valence-electron chi connectivity index (χ4n) is 4.97. The topological polar surface area (TPSA) is 81.8 Å². The summed E-state index contributed by atoms with van der Waals surface area (Å²) >= 11 is 0. The van der Waals surface area contributed by atoms with Crippen molar-refractivity contribution in [3.63, 3.8) is 0 Å². The summed E-state index contributed by atoms with van der Waals surface area (Å²) in [6.45, 7) is 7.99. The highest BCUT2D eigenvalue weighted by Crippen LogP contribution is 2.43. The van der Waals surface area contributed by atoms with Gasteiger partial charge >= 0.3 is 6.03 Å². The van der Waals surface area contributed by atoms with Gasteiger partial charge in [0.1, 0.15) is 12.1 Å². The number of imide groups is 1. The number of hydrogen-bond acceptors (Lipinski definition) is 4. The first-order valence-electron chi connectivity index (χ1n) is 10.3. The number of likely N-dealkylation sites (tertiary alicyclic amines) is 1. The predicted molar refractivity (Wildman–Crippen MR) is 103 cm³/mol. The van der Waals surface area contributed by atoms with Gasteiger partial charge in [-0.05, 0) is 56.9 Å². The summed E-state index contributed by atoms with van der Waals surface area (Å²) in [7, 11) is 1.87. The highest BCUT2D eigenvalue weighted by atomic mass is 16.2. The molecule has 2 saturated heterocycles. The predicted octanol–water partition coefficient (Wildman–Crippen LogP) is 1.72. The average molecular weight is 379 g/mol. The number of urea groups is 1. The van der Waals surface area contributed by atoms with Crippen LogP contribution in [0, 0.1) is 11.3 Å². The summed E-state index contributed by atoms with van der Waals surface area (Å²) in [5.41, 5.74) is -0.588. The van der Waals surface area contributed by atoms with Gasteiger partial charge < -0.3 is 15.5 Å². The zero-order valence-electron chi connectivity index (χ0n) is 17.1. The number of nitrogens with zero attached hydrogens (tertiary/aromatic N) is 2. The Morgan fingerprint density at radius 3 is 2.48 bits per heavy atom. The Labute approximate surface area is 162 Å². The highest BCUT2D eigenvalue weighted by molar-refractivity contribution is 6.09. The maximum Gasteiger partial charge on any atom is 0.325 e. The molecule has 0 aromatic carbocycles. The van der Waals surface area contributed by atoms with Gasteiger partial charge in [0.05, 0.1) is 0 Å². The molecule has 1 unspecified atom stereocenters. The molecule has 0 bridgehead atoms. The van der Waals surface area contributed by atoms with Crippen molar-refractivity contribution in [2.45, 2.75) is 70.9 Å². The van der Waals surface area contributed by atoms with Crippen LogP contribution in [0.15, 0.2) is 0 Å². The van der Waals surface area contributed by atoms with Crippen LogP contribution in [-0.4, -0.2) is 65.9 Å². The maximum absolute atomic E-state index is 13.1. The second kappa shape index (κ2) is 7.41. The number of rotatable bonds is 4. The summed E-state index contributed by atoms with van der Waals surface area (Å²) in [5, 5.41) is 6.04. The van der Waals surface area contributed by atoms with Gasteiger partial charge in [-0.25, -0.2) is 4.79 Å². The quantitative estimate of drug-likeness (QED) is 0.730. The van der Waals surface area contributed by atoms with Crippen molar-refractivity contribution >= 4 is 17.8 Å². The van der Waals surface area contributed by atoms with Gasteiger partial charge in [-0.15, -0.1) is 0 Å². The van der Waals surface area contributed by atoms with Crippen LogP contribution in [0.2, 0.25) is 0 Å². The van der Waals surface area contributed by atoms with Crippen LogP contribution in [0.25, 0.3) is 0 Å². The lowest BCUT2D eigenvalue weighted by molar-refractivity contribution is -0.140. The lowest BCUT2D eigenvalue weighted by atomic mass is 9.67. The number of carbonyl (C=O) groups is 3. The van der Waals surface area contributed by atoms with Gasteiger partial charge in [0.2, 0.25) is 5.91 Å². The van der Waals surface area contributed by atoms with Crippen molar-refractivity contribution in [1.82, 2.24) is 20.4 Å².